The molecule has 4 atom stereocenters. The molecule has 0 bridgehead atoms. The summed E-state index contributed by atoms with van der Waals surface area (Å²) in [6, 6.07) is 0. The molecule has 23 heavy (non-hydrogen) atoms. The van der Waals surface area contributed by atoms with Crippen molar-refractivity contribution >= 4 is 17.3 Å². The van der Waals surface area contributed by atoms with E-state index in [1.54, 1.807) is 13.0 Å². The van der Waals surface area contributed by atoms with Gasteiger partial charge in [0.25, 0.3) is 0 Å². The van der Waals surface area contributed by atoms with Crippen LogP contribution in [0.15, 0.2) is 23.3 Å². The topological polar surface area (TPSA) is 51.2 Å². The number of carbonyl (C=O) groups is 3. The Morgan fingerprint density at radius 2 is 1.78 bits per heavy atom. The minimum atomic E-state index is -0.962. The zero-order valence-electron chi connectivity index (χ0n) is 14.7. The Bertz CT molecular complexity index is 666. The minimum Gasteiger partial charge on any atom is -0.299 e. The van der Waals surface area contributed by atoms with Crippen molar-refractivity contribution in [2.24, 2.45) is 28.6 Å². The lowest BCUT2D eigenvalue weighted by atomic mass is 9.50. The summed E-state index contributed by atoms with van der Waals surface area (Å²) in [5.41, 5.74) is 0.534. The molecule has 3 aliphatic carbocycles. The van der Waals surface area contributed by atoms with Crippen LogP contribution in [0.25, 0.3) is 0 Å². The summed E-state index contributed by atoms with van der Waals surface area (Å²) in [7, 11) is 0. The third-order valence-electron chi connectivity index (χ3n) is 6.58. The SMILES string of the molecule is CC1=CC[C@@H]2C3C(C(C)C)=CC(=O)C3(C)C(=O)CC2(C)C(=O)C1. The molecule has 0 N–H and O–H groups in total. The Balaban J connectivity index is 2.18. The fourth-order valence-corrected chi connectivity index (χ4v) is 4.92. The fourth-order valence-electron chi connectivity index (χ4n) is 4.92. The molecule has 0 aromatic carbocycles. The van der Waals surface area contributed by atoms with Crippen LogP contribution in [0.1, 0.15) is 53.9 Å². The van der Waals surface area contributed by atoms with E-state index in [1.165, 1.54) is 0 Å². The van der Waals surface area contributed by atoms with Crippen LogP contribution in [0, 0.1) is 28.6 Å². The van der Waals surface area contributed by atoms with Gasteiger partial charge in [-0.1, -0.05) is 38.0 Å². The van der Waals surface area contributed by atoms with Crippen LogP contribution in [-0.4, -0.2) is 17.3 Å². The average Bonchev–Trinajstić information content (AvgIpc) is 2.67. The molecule has 0 saturated heterocycles. The van der Waals surface area contributed by atoms with Crippen LogP contribution in [0.5, 0.6) is 0 Å². The van der Waals surface area contributed by atoms with E-state index in [4.69, 9.17) is 0 Å². The molecule has 1 saturated carbocycles. The first-order chi connectivity index (χ1) is 10.6. The van der Waals surface area contributed by atoms with E-state index in [-0.39, 0.29) is 41.5 Å². The molecule has 0 aromatic rings. The first kappa shape index (κ1) is 16.4. The van der Waals surface area contributed by atoms with Gasteiger partial charge in [0.15, 0.2) is 5.78 Å². The molecular weight excluding hydrogens is 288 g/mol. The number of hydrogen-bond acceptors (Lipinski definition) is 3. The largest absolute Gasteiger partial charge is 0.299 e. The van der Waals surface area contributed by atoms with E-state index >= 15 is 0 Å². The monoisotopic (exact) mass is 314 g/mol. The molecule has 1 fully saturated rings. The fraction of sp³-hybridized carbons (Fsp3) is 0.650. The predicted molar refractivity (Wildman–Crippen MR) is 88.7 cm³/mol. The van der Waals surface area contributed by atoms with E-state index < -0.39 is 10.8 Å². The van der Waals surface area contributed by atoms with Crippen LogP contribution in [-0.2, 0) is 14.4 Å². The van der Waals surface area contributed by atoms with Gasteiger partial charge in [-0.25, -0.2) is 0 Å². The third kappa shape index (κ3) is 2.05. The van der Waals surface area contributed by atoms with Gasteiger partial charge < -0.3 is 0 Å². The molecule has 0 heterocycles. The van der Waals surface area contributed by atoms with Gasteiger partial charge in [-0.3, -0.25) is 14.4 Å². The van der Waals surface area contributed by atoms with E-state index in [9.17, 15) is 14.4 Å². The summed E-state index contributed by atoms with van der Waals surface area (Å²) in [6.45, 7) is 9.88. The summed E-state index contributed by atoms with van der Waals surface area (Å²) in [6.07, 6.45) is 5.25. The van der Waals surface area contributed by atoms with Crippen molar-refractivity contribution < 1.29 is 14.4 Å². The van der Waals surface area contributed by atoms with Gasteiger partial charge in [0.05, 0.1) is 5.41 Å². The van der Waals surface area contributed by atoms with Gasteiger partial charge in [-0.2, -0.15) is 0 Å². The molecule has 3 aliphatic rings. The van der Waals surface area contributed by atoms with Crippen molar-refractivity contribution in [3.8, 4) is 0 Å². The van der Waals surface area contributed by atoms with Gasteiger partial charge >= 0.3 is 0 Å². The van der Waals surface area contributed by atoms with Gasteiger partial charge in [-0.15, -0.1) is 0 Å². The second-order valence-corrected chi connectivity index (χ2v) is 8.35. The zero-order chi connectivity index (χ0) is 17.2. The van der Waals surface area contributed by atoms with E-state index in [0.29, 0.717) is 6.42 Å². The van der Waals surface area contributed by atoms with Crippen LogP contribution in [0.4, 0.5) is 0 Å². The Labute approximate surface area is 138 Å². The molecule has 0 aliphatic heterocycles. The summed E-state index contributed by atoms with van der Waals surface area (Å²) < 4.78 is 0. The van der Waals surface area contributed by atoms with Crippen LogP contribution >= 0.6 is 0 Å². The molecule has 0 spiro atoms. The van der Waals surface area contributed by atoms with Crippen LogP contribution < -0.4 is 0 Å². The Morgan fingerprint density at radius 3 is 2.39 bits per heavy atom. The maximum absolute atomic E-state index is 13.0. The van der Waals surface area contributed by atoms with Gasteiger partial charge in [0.2, 0.25) is 0 Å². The van der Waals surface area contributed by atoms with Crippen LogP contribution in [0.3, 0.4) is 0 Å². The first-order valence-corrected chi connectivity index (χ1v) is 8.60. The number of fused-ring (bicyclic) bond motifs is 3. The highest BCUT2D eigenvalue weighted by Gasteiger charge is 2.64. The van der Waals surface area contributed by atoms with Crippen molar-refractivity contribution in [1.82, 2.24) is 0 Å². The number of hydrogen-bond donors (Lipinski definition) is 0. The van der Waals surface area contributed by atoms with Gasteiger partial charge in [-0.05, 0) is 38.2 Å². The lowest BCUT2D eigenvalue weighted by Gasteiger charge is -2.50. The highest BCUT2D eigenvalue weighted by Crippen LogP contribution is 2.60. The van der Waals surface area contributed by atoms with Crippen molar-refractivity contribution in [3.05, 3.63) is 23.3 Å². The van der Waals surface area contributed by atoms with Crippen molar-refractivity contribution in [3.63, 3.8) is 0 Å². The third-order valence-corrected chi connectivity index (χ3v) is 6.58. The summed E-state index contributed by atoms with van der Waals surface area (Å²) >= 11 is 0. The molecule has 0 radical (unpaired) electrons. The first-order valence-electron chi connectivity index (χ1n) is 8.60. The molecule has 3 rings (SSSR count). The molecule has 3 nitrogen and oxygen atoms in total. The number of ketones is 3. The lowest BCUT2D eigenvalue weighted by Crippen LogP contribution is -2.56. The van der Waals surface area contributed by atoms with Crippen molar-refractivity contribution in [2.75, 3.05) is 0 Å². The van der Waals surface area contributed by atoms with E-state index in [0.717, 1.165) is 17.6 Å². The smallest absolute Gasteiger partial charge is 0.169 e. The average molecular weight is 314 g/mol. The molecule has 124 valence electrons. The maximum atomic E-state index is 13.0. The number of Topliss-reactive ketones (excluding diaryl/α,β-unsaturated/α-hetero) is 2. The van der Waals surface area contributed by atoms with Crippen molar-refractivity contribution in [1.29, 1.82) is 0 Å². The summed E-state index contributed by atoms with van der Waals surface area (Å²) in [5, 5.41) is 0. The summed E-state index contributed by atoms with van der Waals surface area (Å²) in [4.78, 5) is 38.5. The van der Waals surface area contributed by atoms with Gasteiger partial charge in [0, 0.05) is 24.2 Å². The zero-order valence-corrected chi connectivity index (χ0v) is 14.7. The van der Waals surface area contributed by atoms with Gasteiger partial charge in [0.1, 0.15) is 11.6 Å². The Hall–Kier alpha value is -1.51. The second-order valence-electron chi connectivity index (χ2n) is 8.35. The number of allylic oxidation sites excluding steroid dienone is 4. The number of carbonyl (C=O) groups excluding carboxylic acids is 3. The normalized spacial score (nSPS) is 40.5. The van der Waals surface area contributed by atoms with E-state index in [1.807, 2.05) is 13.8 Å². The second kappa shape index (κ2) is 4.99. The molecule has 3 unspecified atom stereocenters. The van der Waals surface area contributed by atoms with Crippen LogP contribution in [0.2, 0.25) is 0 Å². The number of rotatable bonds is 1. The Morgan fingerprint density at radius 1 is 1.13 bits per heavy atom. The summed E-state index contributed by atoms with van der Waals surface area (Å²) in [5.74, 6) is 0.167. The predicted octanol–water partition coefficient (Wildman–Crippen LogP) is 3.68. The quantitative estimate of drug-likeness (QED) is 0.548. The lowest BCUT2D eigenvalue weighted by molar-refractivity contribution is -0.155. The Kier molecular flexibility index (Phi) is 3.55. The molecule has 3 heteroatoms. The molecular formula is C20H26O3. The highest BCUT2D eigenvalue weighted by molar-refractivity contribution is 6.16. The molecule has 0 amide bonds. The van der Waals surface area contributed by atoms with E-state index in [2.05, 4.69) is 19.9 Å². The van der Waals surface area contributed by atoms with Crippen molar-refractivity contribution in [2.45, 2.75) is 53.9 Å². The minimum absolute atomic E-state index is 0.0373. The maximum Gasteiger partial charge on any atom is 0.169 e. The standard InChI is InChI=1S/C20H26O3/c1-11(2)13-9-16(22)20(5)17(23)10-19(4)14(18(13)20)7-6-12(3)8-15(19)21/h6,9,11,14,18H,7-8,10H2,1-5H3/t14-,18?,19?,20?/m1/s1. The highest BCUT2D eigenvalue weighted by atomic mass is 16.2. The molecule has 0 aromatic heterocycles.